The second-order valence-corrected chi connectivity index (χ2v) is 2.19. The smallest absolute Gasteiger partial charge is 0.0713 e. The molecule has 5 nitrogen and oxygen atoms in total. The maximum Gasteiger partial charge on any atom is 0.0713 e. The lowest BCUT2D eigenvalue weighted by atomic mass is 10.2. The third-order valence-electron chi connectivity index (χ3n) is 1.26. The highest BCUT2D eigenvalue weighted by atomic mass is 16.3. The molecular formula is C6H14NO4. The maximum atomic E-state index is 8.55. The highest BCUT2D eigenvalue weighted by Gasteiger charge is 2.13. The van der Waals surface area contributed by atoms with Gasteiger partial charge in [0.25, 0.3) is 0 Å². The van der Waals surface area contributed by atoms with E-state index in [1.165, 1.54) is 0 Å². The third kappa shape index (κ3) is 4.28. The minimum absolute atomic E-state index is 0.271. The van der Waals surface area contributed by atoms with Gasteiger partial charge in [0, 0.05) is 0 Å². The van der Waals surface area contributed by atoms with Gasteiger partial charge >= 0.3 is 0 Å². The van der Waals surface area contributed by atoms with Crippen molar-refractivity contribution in [2.24, 2.45) is 0 Å². The average Bonchev–Trinajstić information content (AvgIpc) is 2.07. The molecule has 0 heterocycles. The molecule has 0 spiro atoms. The van der Waals surface area contributed by atoms with Gasteiger partial charge in [-0.2, -0.15) is 0 Å². The number of aliphatic hydroxyl groups excluding tert-OH is 4. The highest BCUT2D eigenvalue weighted by Crippen LogP contribution is 1.88. The molecule has 0 aromatic rings. The Morgan fingerprint density at radius 1 is 0.727 bits per heavy atom. The Labute approximate surface area is 65.3 Å². The molecule has 0 atom stereocenters. The van der Waals surface area contributed by atoms with Crippen LogP contribution in [-0.2, 0) is 0 Å². The molecule has 0 rings (SSSR count). The van der Waals surface area contributed by atoms with Crippen molar-refractivity contribution in [2.75, 3.05) is 26.4 Å². The van der Waals surface area contributed by atoms with E-state index in [-0.39, 0.29) is 26.4 Å². The van der Waals surface area contributed by atoms with Crippen molar-refractivity contribution in [3.05, 3.63) is 0 Å². The summed E-state index contributed by atoms with van der Waals surface area (Å²) >= 11 is 0. The molecular weight excluding hydrogens is 150 g/mol. The van der Waals surface area contributed by atoms with Gasteiger partial charge in [-0.25, -0.2) is 5.32 Å². The molecule has 0 saturated carbocycles. The summed E-state index contributed by atoms with van der Waals surface area (Å²) in [5.41, 5.74) is 0. The molecule has 0 aromatic heterocycles. The first-order chi connectivity index (χ1) is 5.28. The fourth-order valence-electron chi connectivity index (χ4n) is 0.602. The summed E-state index contributed by atoms with van der Waals surface area (Å²) in [6, 6.07) is -1.20. The average molecular weight is 164 g/mol. The summed E-state index contributed by atoms with van der Waals surface area (Å²) in [7, 11) is 0. The Kier molecular flexibility index (Phi) is 6.39. The van der Waals surface area contributed by atoms with Gasteiger partial charge in [0.15, 0.2) is 0 Å². The van der Waals surface area contributed by atoms with Crippen LogP contribution in [-0.4, -0.2) is 58.9 Å². The van der Waals surface area contributed by atoms with E-state index < -0.39 is 12.1 Å². The van der Waals surface area contributed by atoms with E-state index in [4.69, 9.17) is 20.4 Å². The SMILES string of the molecule is OCC(CO)[N]C(CO)CO. The van der Waals surface area contributed by atoms with Crippen LogP contribution in [0.15, 0.2) is 0 Å². The molecule has 4 N–H and O–H groups in total. The predicted octanol–water partition coefficient (Wildman–Crippen LogP) is -2.70. The summed E-state index contributed by atoms with van der Waals surface area (Å²) in [6.07, 6.45) is 0. The summed E-state index contributed by atoms with van der Waals surface area (Å²) < 4.78 is 0. The van der Waals surface area contributed by atoms with Crippen molar-refractivity contribution in [2.45, 2.75) is 12.1 Å². The molecule has 0 fully saturated rings. The first kappa shape index (κ1) is 10.8. The van der Waals surface area contributed by atoms with E-state index in [1.807, 2.05) is 0 Å². The zero-order valence-corrected chi connectivity index (χ0v) is 6.22. The van der Waals surface area contributed by atoms with Gasteiger partial charge in [0.1, 0.15) is 0 Å². The third-order valence-corrected chi connectivity index (χ3v) is 1.26. The second-order valence-electron chi connectivity index (χ2n) is 2.19. The molecule has 0 aromatic carbocycles. The van der Waals surface area contributed by atoms with Crippen LogP contribution >= 0.6 is 0 Å². The van der Waals surface area contributed by atoms with Crippen molar-refractivity contribution in [1.82, 2.24) is 5.32 Å². The van der Waals surface area contributed by atoms with Crippen molar-refractivity contribution in [3.8, 4) is 0 Å². The molecule has 67 valence electrons. The van der Waals surface area contributed by atoms with Crippen molar-refractivity contribution < 1.29 is 20.4 Å². The van der Waals surface area contributed by atoms with E-state index in [2.05, 4.69) is 5.32 Å². The lowest BCUT2D eigenvalue weighted by Gasteiger charge is -2.16. The number of nitrogens with zero attached hydrogens (tertiary/aromatic N) is 1. The zero-order valence-electron chi connectivity index (χ0n) is 6.22. The van der Waals surface area contributed by atoms with Crippen LogP contribution < -0.4 is 5.32 Å². The number of hydrogen-bond acceptors (Lipinski definition) is 4. The van der Waals surface area contributed by atoms with E-state index >= 15 is 0 Å². The summed E-state index contributed by atoms with van der Waals surface area (Å²) in [4.78, 5) is 0. The van der Waals surface area contributed by atoms with Crippen LogP contribution in [0.1, 0.15) is 0 Å². The van der Waals surface area contributed by atoms with E-state index in [9.17, 15) is 0 Å². The molecule has 0 aliphatic rings. The standard InChI is InChI=1S/C6H14NO4/c8-1-5(2-9)7-6(3-10)4-11/h5-6,8-11H,1-4H2. The maximum absolute atomic E-state index is 8.55. The first-order valence-electron chi connectivity index (χ1n) is 3.41. The predicted molar refractivity (Wildman–Crippen MR) is 38.1 cm³/mol. The number of hydrogen-bond donors (Lipinski definition) is 4. The fourth-order valence-corrected chi connectivity index (χ4v) is 0.602. The molecule has 0 unspecified atom stereocenters. The normalized spacial score (nSPS) is 11.5. The topological polar surface area (TPSA) is 95.0 Å². The highest BCUT2D eigenvalue weighted by molar-refractivity contribution is 4.70. The van der Waals surface area contributed by atoms with Crippen LogP contribution in [0.5, 0.6) is 0 Å². The van der Waals surface area contributed by atoms with Crippen LogP contribution in [0.2, 0.25) is 0 Å². The molecule has 1 radical (unpaired) electrons. The molecule has 0 aliphatic carbocycles. The minimum Gasteiger partial charge on any atom is -0.395 e. The van der Waals surface area contributed by atoms with Crippen molar-refractivity contribution in [1.29, 1.82) is 0 Å². The molecule has 0 amide bonds. The van der Waals surface area contributed by atoms with Crippen LogP contribution in [0.25, 0.3) is 0 Å². The lowest BCUT2D eigenvalue weighted by molar-refractivity contribution is 0.115. The largest absolute Gasteiger partial charge is 0.395 e. The minimum atomic E-state index is -0.598. The molecule has 5 heteroatoms. The number of rotatable bonds is 6. The van der Waals surface area contributed by atoms with Crippen LogP contribution in [0.4, 0.5) is 0 Å². The van der Waals surface area contributed by atoms with Gasteiger partial charge in [-0.05, 0) is 0 Å². The van der Waals surface area contributed by atoms with Gasteiger partial charge in [0.05, 0.1) is 38.5 Å². The Balaban J connectivity index is 3.58. The summed E-state index contributed by atoms with van der Waals surface area (Å²) in [6.45, 7) is -1.08. The van der Waals surface area contributed by atoms with Crippen LogP contribution in [0, 0.1) is 0 Å². The first-order valence-corrected chi connectivity index (χ1v) is 3.41. The lowest BCUT2D eigenvalue weighted by Crippen LogP contribution is -2.40. The second kappa shape index (κ2) is 6.51. The van der Waals surface area contributed by atoms with Crippen molar-refractivity contribution >= 4 is 0 Å². The number of aliphatic hydroxyl groups is 4. The summed E-state index contributed by atoms with van der Waals surface area (Å²) in [5, 5.41) is 37.9. The van der Waals surface area contributed by atoms with Gasteiger partial charge < -0.3 is 20.4 Å². The Morgan fingerprint density at radius 2 is 1.00 bits per heavy atom. The van der Waals surface area contributed by atoms with Crippen LogP contribution in [0.3, 0.4) is 0 Å². The fraction of sp³-hybridized carbons (Fsp3) is 1.00. The molecule has 0 saturated heterocycles. The van der Waals surface area contributed by atoms with Gasteiger partial charge in [0.2, 0.25) is 0 Å². The van der Waals surface area contributed by atoms with E-state index in [1.54, 1.807) is 0 Å². The van der Waals surface area contributed by atoms with Gasteiger partial charge in [-0.1, -0.05) is 0 Å². The van der Waals surface area contributed by atoms with Gasteiger partial charge in [-0.15, -0.1) is 0 Å². The summed E-state index contributed by atoms with van der Waals surface area (Å²) in [5.74, 6) is 0. The molecule has 11 heavy (non-hydrogen) atoms. The van der Waals surface area contributed by atoms with Gasteiger partial charge in [-0.3, -0.25) is 0 Å². The molecule has 0 bridgehead atoms. The Bertz CT molecular complexity index is 72.7. The van der Waals surface area contributed by atoms with Crippen molar-refractivity contribution in [3.63, 3.8) is 0 Å². The molecule has 0 aliphatic heterocycles. The monoisotopic (exact) mass is 164 g/mol. The van der Waals surface area contributed by atoms with E-state index in [0.29, 0.717) is 0 Å². The Hall–Kier alpha value is -0.200. The quantitative estimate of drug-likeness (QED) is 0.343. The zero-order chi connectivity index (χ0) is 8.69. The Morgan fingerprint density at radius 3 is 1.18 bits per heavy atom. The van der Waals surface area contributed by atoms with E-state index in [0.717, 1.165) is 0 Å².